The third-order valence-corrected chi connectivity index (χ3v) is 7.48. The molecule has 0 radical (unpaired) electrons. The number of hydrogen-bond acceptors (Lipinski definition) is 3. The van der Waals surface area contributed by atoms with E-state index in [4.69, 9.17) is 4.74 Å². The van der Waals surface area contributed by atoms with Gasteiger partial charge in [-0.2, -0.15) is 0 Å². The molecular weight excluding hydrogens is 488 g/mol. The first-order valence-electron chi connectivity index (χ1n) is 12.7. The van der Waals surface area contributed by atoms with E-state index in [1.165, 1.54) is 0 Å². The Hall–Kier alpha value is -4.90. The van der Waals surface area contributed by atoms with Crippen molar-refractivity contribution in [1.29, 1.82) is 0 Å². The Bertz CT molecular complexity index is 1890. The Balaban J connectivity index is 1.72. The van der Waals surface area contributed by atoms with Gasteiger partial charge in [-0.05, 0) is 84.6 Å². The van der Waals surface area contributed by atoms with Gasteiger partial charge in [0.25, 0.3) is 0 Å². The summed E-state index contributed by atoms with van der Waals surface area (Å²) in [4.78, 5) is 24.3. The first kappa shape index (κ1) is 24.4. The summed E-state index contributed by atoms with van der Waals surface area (Å²) in [7, 11) is 0. The fraction of sp³-hybridized carbons (Fsp3) is 0.118. The van der Waals surface area contributed by atoms with Crippen molar-refractivity contribution >= 4 is 55.0 Å². The predicted octanol–water partition coefficient (Wildman–Crippen LogP) is 8.72. The molecule has 0 heterocycles. The smallest absolute Gasteiger partial charge is 0.336 e. The highest BCUT2D eigenvalue weighted by Crippen LogP contribution is 2.43. The van der Waals surface area contributed by atoms with Crippen molar-refractivity contribution in [1.82, 2.24) is 0 Å². The van der Waals surface area contributed by atoms with Crippen LogP contribution >= 0.6 is 0 Å². The maximum absolute atomic E-state index is 12.2. The Morgan fingerprint density at radius 1 is 0.538 bits per heavy atom. The topological polar surface area (TPSA) is 83.8 Å². The summed E-state index contributed by atoms with van der Waals surface area (Å²) in [6.07, 6.45) is 0. The van der Waals surface area contributed by atoms with E-state index >= 15 is 0 Å². The van der Waals surface area contributed by atoms with E-state index in [9.17, 15) is 19.8 Å². The van der Waals surface area contributed by atoms with Crippen molar-refractivity contribution in [2.75, 3.05) is 0 Å². The molecule has 0 amide bonds. The molecule has 2 N–H and O–H groups in total. The number of fused-ring (bicyclic) bond motifs is 6. The molecule has 0 saturated carbocycles. The van der Waals surface area contributed by atoms with E-state index in [-0.39, 0.29) is 11.1 Å². The number of rotatable bonds is 4. The molecule has 0 aliphatic rings. The van der Waals surface area contributed by atoms with Gasteiger partial charge in [-0.3, -0.25) is 0 Å². The van der Waals surface area contributed by atoms with Crippen LogP contribution < -0.4 is 4.74 Å². The van der Waals surface area contributed by atoms with Crippen LogP contribution in [0.3, 0.4) is 0 Å². The minimum absolute atomic E-state index is 0.196. The lowest BCUT2D eigenvalue weighted by molar-refractivity contribution is 0.0688. The lowest BCUT2D eigenvalue weighted by atomic mass is 9.93. The second kappa shape index (κ2) is 8.84. The number of carboxylic acids is 2. The third-order valence-electron chi connectivity index (χ3n) is 7.48. The minimum atomic E-state index is -1.01. The standard InChI is InChI=1S/C34H26O5/c1-17-13-19(3)29-21(15-17)5-7-23-25(33(35)36)9-11-27(31(23)29)39-28-12-10-26(34(37)38)24-8-6-22-16-18(2)14-20(4)30(22)32(24)28/h5-16H,1-4H3,(H,35,36)(H,37,38). The van der Waals surface area contributed by atoms with E-state index in [1.54, 1.807) is 24.3 Å². The third kappa shape index (κ3) is 3.86. The van der Waals surface area contributed by atoms with Crippen LogP contribution in [-0.4, -0.2) is 22.2 Å². The van der Waals surface area contributed by atoms with Crippen molar-refractivity contribution in [2.45, 2.75) is 27.7 Å². The van der Waals surface area contributed by atoms with E-state index in [0.717, 1.165) is 43.8 Å². The molecule has 39 heavy (non-hydrogen) atoms. The van der Waals surface area contributed by atoms with Gasteiger partial charge in [-0.25, -0.2) is 9.59 Å². The lowest BCUT2D eigenvalue weighted by Crippen LogP contribution is -2.01. The van der Waals surface area contributed by atoms with Crippen LogP contribution in [0.1, 0.15) is 43.0 Å². The summed E-state index contributed by atoms with van der Waals surface area (Å²) in [5, 5.41) is 26.3. The molecule has 6 rings (SSSR count). The molecular formula is C34H26O5. The number of benzene rings is 6. The summed E-state index contributed by atoms with van der Waals surface area (Å²) < 4.78 is 6.68. The minimum Gasteiger partial charge on any atom is -0.478 e. The highest BCUT2D eigenvalue weighted by molar-refractivity contribution is 6.19. The Kier molecular flexibility index (Phi) is 5.54. The molecule has 5 nitrogen and oxygen atoms in total. The maximum atomic E-state index is 12.2. The molecule has 0 aromatic heterocycles. The molecule has 192 valence electrons. The molecule has 6 aromatic carbocycles. The average molecular weight is 515 g/mol. The zero-order valence-electron chi connectivity index (χ0n) is 22.0. The summed E-state index contributed by atoms with van der Waals surface area (Å²) in [6.45, 7) is 8.10. The van der Waals surface area contributed by atoms with E-state index in [1.807, 2.05) is 52.0 Å². The lowest BCUT2D eigenvalue weighted by Gasteiger charge is -2.18. The molecule has 5 heteroatoms. The van der Waals surface area contributed by atoms with E-state index in [2.05, 4.69) is 24.3 Å². The van der Waals surface area contributed by atoms with Gasteiger partial charge in [0, 0.05) is 21.5 Å². The predicted molar refractivity (Wildman–Crippen MR) is 156 cm³/mol. The van der Waals surface area contributed by atoms with Crippen LogP contribution in [0.2, 0.25) is 0 Å². The number of ether oxygens (including phenoxy) is 1. The van der Waals surface area contributed by atoms with Crippen LogP contribution in [0.4, 0.5) is 0 Å². The van der Waals surface area contributed by atoms with Gasteiger partial charge >= 0.3 is 11.9 Å². The summed E-state index contributed by atoms with van der Waals surface area (Å²) in [5.74, 6) is -0.995. The first-order chi connectivity index (χ1) is 18.6. The number of aromatic carboxylic acids is 2. The van der Waals surface area contributed by atoms with Crippen LogP contribution in [0.15, 0.2) is 72.8 Å². The second-order valence-corrected chi connectivity index (χ2v) is 10.3. The normalized spacial score (nSPS) is 11.5. The SMILES string of the molecule is Cc1cc(C)c2c(ccc3c(C(=O)O)ccc(Oc4ccc(C(=O)O)c5ccc6cc(C)cc(C)c6c45)c32)c1. The zero-order valence-corrected chi connectivity index (χ0v) is 22.0. The summed E-state index contributed by atoms with van der Waals surface area (Å²) in [5.41, 5.74) is 4.66. The number of carbonyl (C=O) groups is 2. The van der Waals surface area contributed by atoms with Gasteiger partial charge in [0.2, 0.25) is 0 Å². The zero-order chi connectivity index (χ0) is 27.6. The van der Waals surface area contributed by atoms with Gasteiger partial charge in [0.05, 0.1) is 11.1 Å². The van der Waals surface area contributed by atoms with Crippen molar-refractivity contribution in [2.24, 2.45) is 0 Å². The Morgan fingerprint density at radius 2 is 0.949 bits per heavy atom. The van der Waals surface area contributed by atoms with Gasteiger partial charge in [0.15, 0.2) is 0 Å². The number of carboxylic acid groups (broad SMARTS) is 2. The highest BCUT2D eigenvalue weighted by atomic mass is 16.5. The van der Waals surface area contributed by atoms with E-state index < -0.39 is 11.9 Å². The fourth-order valence-electron chi connectivity index (χ4n) is 6.02. The molecule has 0 atom stereocenters. The quantitative estimate of drug-likeness (QED) is 0.230. The van der Waals surface area contributed by atoms with Crippen molar-refractivity contribution in [3.63, 3.8) is 0 Å². The highest BCUT2D eigenvalue weighted by Gasteiger charge is 2.20. The monoisotopic (exact) mass is 514 g/mol. The van der Waals surface area contributed by atoms with Gasteiger partial charge in [-0.15, -0.1) is 0 Å². The molecule has 6 aromatic rings. The molecule has 0 aliphatic carbocycles. The Morgan fingerprint density at radius 3 is 1.33 bits per heavy atom. The molecule has 0 aliphatic heterocycles. The van der Waals surface area contributed by atoms with Crippen molar-refractivity contribution in [3.8, 4) is 11.5 Å². The van der Waals surface area contributed by atoms with Crippen molar-refractivity contribution < 1.29 is 24.5 Å². The Labute approximate surface area is 224 Å². The van der Waals surface area contributed by atoms with Crippen LogP contribution in [-0.2, 0) is 0 Å². The molecule has 0 unspecified atom stereocenters. The van der Waals surface area contributed by atoms with Gasteiger partial charge < -0.3 is 14.9 Å². The average Bonchev–Trinajstić information content (AvgIpc) is 2.87. The second-order valence-electron chi connectivity index (χ2n) is 10.3. The van der Waals surface area contributed by atoms with Gasteiger partial charge in [-0.1, -0.05) is 59.7 Å². The number of aryl methyl sites for hydroxylation is 4. The largest absolute Gasteiger partial charge is 0.478 e. The van der Waals surface area contributed by atoms with Crippen molar-refractivity contribution in [3.05, 3.63) is 106 Å². The van der Waals surface area contributed by atoms with Crippen LogP contribution in [0.25, 0.3) is 43.1 Å². The number of hydrogen-bond donors (Lipinski definition) is 2. The summed E-state index contributed by atoms with van der Waals surface area (Å²) in [6, 6.07) is 22.4. The molecule has 0 spiro atoms. The maximum Gasteiger partial charge on any atom is 0.336 e. The first-order valence-corrected chi connectivity index (χ1v) is 12.7. The van der Waals surface area contributed by atoms with Crippen LogP contribution in [0.5, 0.6) is 11.5 Å². The van der Waals surface area contributed by atoms with Crippen LogP contribution in [0, 0.1) is 27.7 Å². The molecule has 0 bridgehead atoms. The van der Waals surface area contributed by atoms with E-state index in [0.29, 0.717) is 33.0 Å². The fourth-order valence-corrected chi connectivity index (χ4v) is 6.02. The molecule has 0 fully saturated rings. The molecule has 0 saturated heterocycles. The van der Waals surface area contributed by atoms with Gasteiger partial charge in [0.1, 0.15) is 11.5 Å². The summed E-state index contributed by atoms with van der Waals surface area (Å²) >= 11 is 0.